The molecule has 28 heavy (non-hydrogen) atoms. The number of carbonyl (C=O) groups excluding carboxylic acids is 1. The fraction of sp³-hybridized carbons (Fsp3) is 0.316. The molecular weight excluding hydrogens is 405 g/mol. The number of nitro benzene ring substituents is 1. The Morgan fingerprint density at radius 2 is 1.79 bits per heavy atom. The predicted molar refractivity (Wildman–Crippen MR) is 109 cm³/mol. The maximum absolute atomic E-state index is 12.5. The minimum Gasteiger partial charge on any atom is -0.482 e. The van der Waals surface area contributed by atoms with Gasteiger partial charge < -0.3 is 14.5 Å². The van der Waals surface area contributed by atoms with Gasteiger partial charge in [0.25, 0.3) is 11.6 Å². The van der Waals surface area contributed by atoms with Crippen LogP contribution in [0.3, 0.4) is 0 Å². The molecule has 2 aromatic rings. The number of anilines is 1. The molecular formula is C19H19Cl2N3O4. The largest absolute Gasteiger partial charge is 0.482 e. The average molecular weight is 424 g/mol. The molecule has 0 N–H and O–H groups in total. The first-order valence-electron chi connectivity index (χ1n) is 8.71. The molecule has 0 aromatic heterocycles. The molecule has 1 aliphatic heterocycles. The van der Waals surface area contributed by atoms with E-state index in [-0.39, 0.29) is 18.2 Å². The summed E-state index contributed by atoms with van der Waals surface area (Å²) in [6.07, 6.45) is 0. The van der Waals surface area contributed by atoms with Crippen LogP contribution in [-0.4, -0.2) is 48.5 Å². The number of rotatable bonds is 5. The van der Waals surface area contributed by atoms with E-state index in [1.165, 1.54) is 12.1 Å². The van der Waals surface area contributed by atoms with Gasteiger partial charge in [0, 0.05) is 49.0 Å². The third-order valence-electron chi connectivity index (χ3n) is 4.59. The minimum atomic E-state index is -0.422. The summed E-state index contributed by atoms with van der Waals surface area (Å²) in [6, 6.07) is 9.74. The fourth-order valence-electron chi connectivity index (χ4n) is 3.10. The van der Waals surface area contributed by atoms with Crippen LogP contribution in [0.5, 0.6) is 5.75 Å². The molecule has 1 saturated heterocycles. The van der Waals surface area contributed by atoms with Crippen LogP contribution in [0.25, 0.3) is 0 Å². The number of nitro groups is 1. The number of hydrogen-bond acceptors (Lipinski definition) is 5. The van der Waals surface area contributed by atoms with Gasteiger partial charge in [-0.3, -0.25) is 14.9 Å². The van der Waals surface area contributed by atoms with Crippen molar-refractivity contribution in [1.29, 1.82) is 0 Å². The Balaban J connectivity index is 1.53. The summed E-state index contributed by atoms with van der Waals surface area (Å²) in [5.41, 5.74) is 1.73. The first-order chi connectivity index (χ1) is 13.3. The molecule has 7 nitrogen and oxygen atoms in total. The lowest BCUT2D eigenvalue weighted by atomic mass is 10.2. The van der Waals surface area contributed by atoms with Crippen molar-refractivity contribution in [2.75, 3.05) is 37.7 Å². The van der Waals surface area contributed by atoms with E-state index in [1.807, 2.05) is 6.92 Å². The topological polar surface area (TPSA) is 75.9 Å². The maximum Gasteiger partial charge on any atom is 0.269 e. The molecule has 2 aromatic carbocycles. The van der Waals surface area contributed by atoms with Gasteiger partial charge in [-0.25, -0.2) is 0 Å². The maximum atomic E-state index is 12.5. The van der Waals surface area contributed by atoms with Gasteiger partial charge in [-0.05, 0) is 36.8 Å². The number of piperazine rings is 1. The third-order valence-corrected chi connectivity index (χ3v) is 5.09. The molecule has 1 amide bonds. The van der Waals surface area contributed by atoms with Crippen LogP contribution < -0.4 is 9.64 Å². The molecule has 148 valence electrons. The van der Waals surface area contributed by atoms with E-state index < -0.39 is 4.92 Å². The summed E-state index contributed by atoms with van der Waals surface area (Å²) in [4.78, 5) is 26.6. The number of non-ortho nitro benzene ring substituents is 1. The lowest BCUT2D eigenvalue weighted by molar-refractivity contribution is -0.384. The SMILES string of the molecule is Cc1cc(Cl)cc(Cl)c1OCC(=O)N1CCN(c2ccc([N+](=O)[O-])cc2)CC1. The van der Waals surface area contributed by atoms with Crippen molar-refractivity contribution < 1.29 is 14.5 Å². The second-order valence-electron chi connectivity index (χ2n) is 6.46. The molecule has 0 atom stereocenters. The van der Waals surface area contributed by atoms with E-state index >= 15 is 0 Å². The lowest BCUT2D eigenvalue weighted by Crippen LogP contribution is -2.50. The highest BCUT2D eigenvalue weighted by Crippen LogP contribution is 2.31. The number of ether oxygens (including phenoxy) is 1. The van der Waals surface area contributed by atoms with Crippen molar-refractivity contribution in [3.8, 4) is 5.75 Å². The zero-order chi connectivity index (χ0) is 20.3. The van der Waals surface area contributed by atoms with Gasteiger partial charge in [0.1, 0.15) is 5.75 Å². The van der Waals surface area contributed by atoms with Crippen molar-refractivity contribution in [2.24, 2.45) is 0 Å². The Labute approximate surface area is 172 Å². The zero-order valence-electron chi connectivity index (χ0n) is 15.2. The quantitative estimate of drug-likeness (QED) is 0.537. The lowest BCUT2D eigenvalue weighted by Gasteiger charge is -2.36. The number of aryl methyl sites for hydroxylation is 1. The Bertz CT molecular complexity index is 858. The zero-order valence-corrected chi connectivity index (χ0v) is 16.7. The van der Waals surface area contributed by atoms with Crippen LogP contribution in [-0.2, 0) is 4.79 Å². The number of carbonyl (C=O) groups is 1. The van der Waals surface area contributed by atoms with E-state index in [2.05, 4.69) is 4.90 Å². The summed E-state index contributed by atoms with van der Waals surface area (Å²) < 4.78 is 5.63. The Kier molecular flexibility index (Phi) is 6.26. The van der Waals surface area contributed by atoms with Crippen LogP contribution in [0.1, 0.15) is 5.56 Å². The van der Waals surface area contributed by atoms with Gasteiger partial charge in [-0.2, -0.15) is 0 Å². The van der Waals surface area contributed by atoms with Gasteiger partial charge in [-0.15, -0.1) is 0 Å². The first-order valence-corrected chi connectivity index (χ1v) is 9.46. The summed E-state index contributed by atoms with van der Waals surface area (Å²) in [7, 11) is 0. The number of hydrogen-bond donors (Lipinski definition) is 0. The molecule has 1 aliphatic rings. The van der Waals surface area contributed by atoms with E-state index in [4.69, 9.17) is 27.9 Å². The van der Waals surface area contributed by atoms with Gasteiger partial charge >= 0.3 is 0 Å². The summed E-state index contributed by atoms with van der Waals surface area (Å²) in [6.45, 7) is 4.11. The van der Waals surface area contributed by atoms with E-state index in [0.717, 1.165) is 11.3 Å². The molecule has 0 spiro atoms. The average Bonchev–Trinajstić information content (AvgIpc) is 2.67. The second kappa shape index (κ2) is 8.67. The minimum absolute atomic E-state index is 0.0610. The first kappa shape index (κ1) is 20.2. The summed E-state index contributed by atoms with van der Waals surface area (Å²) in [5, 5.41) is 11.6. The van der Waals surface area contributed by atoms with Crippen LogP contribution in [0.15, 0.2) is 36.4 Å². The van der Waals surface area contributed by atoms with Crippen molar-refractivity contribution in [3.63, 3.8) is 0 Å². The smallest absolute Gasteiger partial charge is 0.269 e. The molecule has 0 unspecified atom stereocenters. The standard InChI is InChI=1S/C19H19Cl2N3O4/c1-13-10-14(20)11-17(21)19(13)28-12-18(25)23-8-6-22(7-9-23)15-2-4-16(5-3-15)24(26)27/h2-5,10-11H,6-9,12H2,1H3. The molecule has 0 saturated carbocycles. The molecule has 1 fully saturated rings. The van der Waals surface area contributed by atoms with Crippen LogP contribution in [0.2, 0.25) is 10.0 Å². The number of amides is 1. The number of nitrogens with zero attached hydrogens (tertiary/aromatic N) is 3. The van der Waals surface area contributed by atoms with Gasteiger partial charge in [-0.1, -0.05) is 23.2 Å². The van der Waals surface area contributed by atoms with E-state index in [1.54, 1.807) is 29.2 Å². The van der Waals surface area contributed by atoms with E-state index in [0.29, 0.717) is 42.0 Å². The number of halogens is 2. The van der Waals surface area contributed by atoms with Crippen LogP contribution in [0, 0.1) is 17.0 Å². The highest BCUT2D eigenvalue weighted by Gasteiger charge is 2.22. The summed E-state index contributed by atoms with van der Waals surface area (Å²) in [5.74, 6) is 0.345. The molecule has 3 rings (SSSR count). The van der Waals surface area contributed by atoms with Crippen molar-refractivity contribution >= 4 is 40.5 Å². The predicted octanol–water partition coefficient (Wildman–Crippen LogP) is 3.94. The number of benzene rings is 2. The monoisotopic (exact) mass is 423 g/mol. The Hall–Kier alpha value is -2.51. The molecule has 0 aliphatic carbocycles. The van der Waals surface area contributed by atoms with E-state index in [9.17, 15) is 14.9 Å². The van der Waals surface area contributed by atoms with Gasteiger partial charge in [0.05, 0.1) is 9.95 Å². The molecule has 0 radical (unpaired) electrons. The van der Waals surface area contributed by atoms with Crippen molar-refractivity contribution in [2.45, 2.75) is 6.92 Å². The molecule has 1 heterocycles. The summed E-state index contributed by atoms with van der Waals surface area (Å²) >= 11 is 12.1. The third kappa shape index (κ3) is 4.66. The van der Waals surface area contributed by atoms with Crippen molar-refractivity contribution in [3.05, 3.63) is 62.1 Å². The Morgan fingerprint density at radius 3 is 2.36 bits per heavy atom. The Morgan fingerprint density at radius 1 is 1.14 bits per heavy atom. The molecule has 0 bridgehead atoms. The second-order valence-corrected chi connectivity index (χ2v) is 7.31. The normalized spacial score (nSPS) is 14.1. The van der Waals surface area contributed by atoms with Gasteiger partial charge in [0.2, 0.25) is 0 Å². The van der Waals surface area contributed by atoms with Crippen molar-refractivity contribution in [1.82, 2.24) is 4.90 Å². The fourth-order valence-corrected chi connectivity index (χ4v) is 3.75. The highest BCUT2D eigenvalue weighted by molar-refractivity contribution is 6.35. The van der Waals surface area contributed by atoms with Gasteiger partial charge in [0.15, 0.2) is 6.61 Å². The van der Waals surface area contributed by atoms with Crippen LogP contribution >= 0.6 is 23.2 Å². The molecule has 9 heteroatoms. The highest BCUT2D eigenvalue weighted by atomic mass is 35.5. The van der Waals surface area contributed by atoms with Crippen LogP contribution in [0.4, 0.5) is 11.4 Å².